The summed E-state index contributed by atoms with van der Waals surface area (Å²) in [5.74, 6) is 0.841. The molecule has 150 valence electrons. The fourth-order valence-electron chi connectivity index (χ4n) is 2.55. The highest BCUT2D eigenvalue weighted by Crippen LogP contribution is 2.20. The summed E-state index contributed by atoms with van der Waals surface area (Å²) in [6.45, 7) is 0.561. The molecule has 1 aromatic carbocycles. The van der Waals surface area contributed by atoms with Gasteiger partial charge in [-0.3, -0.25) is 4.31 Å². The first kappa shape index (κ1) is 19.4. The summed E-state index contributed by atoms with van der Waals surface area (Å²) in [6.07, 6.45) is 1.98. The van der Waals surface area contributed by atoms with Crippen molar-refractivity contribution in [2.75, 3.05) is 30.8 Å². The summed E-state index contributed by atoms with van der Waals surface area (Å²) in [4.78, 5) is 0. The van der Waals surface area contributed by atoms with Crippen LogP contribution < -0.4 is 20.5 Å². The minimum atomic E-state index is -3.76. The molecule has 2 heterocycles. The Hall–Kier alpha value is -3.32. The Morgan fingerprint density at radius 2 is 2.29 bits per heavy atom. The van der Waals surface area contributed by atoms with E-state index in [4.69, 9.17) is 14.5 Å². The second-order valence-corrected chi connectivity index (χ2v) is 7.31. The van der Waals surface area contributed by atoms with E-state index in [9.17, 15) is 13.6 Å². The molecule has 12 nitrogen and oxygen atoms in total. The van der Waals surface area contributed by atoms with Crippen molar-refractivity contribution in [2.24, 2.45) is 10.3 Å². The molecule has 13 heteroatoms. The molecule has 5 N–H and O–H groups in total. The molecule has 0 amide bonds. The molecule has 1 aliphatic heterocycles. The first-order valence-corrected chi connectivity index (χ1v) is 9.60. The normalized spacial score (nSPS) is 14.7. The Labute approximate surface area is 160 Å². The van der Waals surface area contributed by atoms with E-state index >= 15 is 0 Å². The molecular formula is C15H19N7O5S. The summed E-state index contributed by atoms with van der Waals surface area (Å²) in [5.41, 5.74) is 1.54. The standard InChI is InChI=1S/C15H19N7O5S/c1-26-12-4-2-3-11(7-12)18-15(19-23)13-14(21-27-20-13)17-8-10-5-6-22(9-10)28(16,24)25/h2-4,7,9,23H,5-6,8H2,1H3,(H,17,21)(H,18,19)(H2,16,24,25). The topological polar surface area (TPSA) is 168 Å². The number of nitrogens with one attached hydrogen (secondary N) is 2. The predicted molar refractivity (Wildman–Crippen MR) is 100 cm³/mol. The molecule has 0 radical (unpaired) electrons. The molecule has 0 spiro atoms. The van der Waals surface area contributed by atoms with Crippen molar-refractivity contribution >= 4 is 27.6 Å². The van der Waals surface area contributed by atoms with Crippen LogP contribution in [-0.2, 0) is 10.2 Å². The van der Waals surface area contributed by atoms with E-state index in [0.717, 1.165) is 9.88 Å². The Bertz CT molecular complexity index is 1000. The number of oxime groups is 1. The zero-order chi connectivity index (χ0) is 20.1. The predicted octanol–water partition coefficient (Wildman–Crippen LogP) is 0.531. The number of anilines is 2. The van der Waals surface area contributed by atoms with Crippen LogP contribution in [0.5, 0.6) is 5.75 Å². The van der Waals surface area contributed by atoms with Gasteiger partial charge in [0.05, 0.1) is 7.11 Å². The lowest BCUT2D eigenvalue weighted by molar-refractivity contribution is 0.305. The first-order chi connectivity index (χ1) is 13.4. The van der Waals surface area contributed by atoms with Gasteiger partial charge in [-0.15, -0.1) is 0 Å². The molecule has 2 aromatic rings. The van der Waals surface area contributed by atoms with E-state index in [-0.39, 0.29) is 30.4 Å². The van der Waals surface area contributed by atoms with Crippen molar-refractivity contribution in [2.45, 2.75) is 6.42 Å². The van der Waals surface area contributed by atoms with Crippen LogP contribution in [0.3, 0.4) is 0 Å². The average Bonchev–Trinajstić information content (AvgIpc) is 3.33. The Morgan fingerprint density at radius 1 is 1.46 bits per heavy atom. The second-order valence-electron chi connectivity index (χ2n) is 5.81. The Kier molecular flexibility index (Phi) is 5.65. The zero-order valence-corrected chi connectivity index (χ0v) is 15.7. The maximum atomic E-state index is 11.4. The van der Waals surface area contributed by atoms with E-state index in [1.54, 1.807) is 31.4 Å². The number of amidine groups is 1. The molecule has 3 rings (SSSR count). The Balaban J connectivity index is 1.70. The number of nitrogens with zero attached hydrogens (tertiary/aromatic N) is 4. The van der Waals surface area contributed by atoms with Crippen LogP contribution >= 0.6 is 0 Å². The molecule has 0 fully saturated rings. The van der Waals surface area contributed by atoms with Gasteiger partial charge >= 0.3 is 0 Å². The monoisotopic (exact) mass is 409 g/mol. The number of aromatic nitrogens is 2. The maximum Gasteiger partial charge on any atom is 0.298 e. The quantitative estimate of drug-likeness (QED) is 0.220. The lowest BCUT2D eigenvalue weighted by Crippen LogP contribution is -2.30. The second kappa shape index (κ2) is 8.14. The SMILES string of the molecule is COc1cccc(N/C(=N\O)c2nonc2NCC2=CN(S(N)(=O)=O)CC2)c1. The summed E-state index contributed by atoms with van der Waals surface area (Å²) in [6, 6.07) is 6.99. The lowest BCUT2D eigenvalue weighted by atomic mass is 10.2. The van der Waals surface area contributed by atoms with Gasteiger partial charge in [-0.1, -0.05) is 11.2 Å². The molecule has 1 aromatic heterocycles. The zero-order valence-electron chi connectivity index (χ0n) is 14.9. The molecule has 1 aliphatic rings. The van der Waals surface area contributed by atoms with E-state index in [0.29, 0.717) is 17.9 Å². The van der Waals surface area contributed by atoms with Gasteiger partial charge in [-0.05, 0) is 34.4 Å². The van der Waals surface area contributed by atoms with Crippen molar-refractivity contribution in [1.29, 1.82) is 0 Å². The fourth-order valence-corrected chi connectivity index (χ4v) is 3.19. The van der Waals surface area contributed by atoms with Crippen LogP contribution in [0.15, 0.2) is 45.8 Å². The van der Waals surface area contributed by atoms with Gasteiger partial charge in [0.2, 0.25) is 11.7 Å². The van der Waals surface area contributed by atoms with Crippen LogP contribution in [0.4, 0.5) is 11.5 Å². The van der Waals surface area contributed by atoms with Gasteiger partial charge in [0.15, 0.2) is 5.69 Å². The number of benzene rings is 1. The van der Waals surface area contributed by atoms with Gasteiger partial charge in [0.1, 0.15) is 5.75 Å². The summed E-state index contributed by atoms with van der Waals surface area (Å²) >= 11 is 0. The van der Waals surface area contributed by atoms with Crippen LogP contribution in [0.2, 0.25) is 0 Å². The highest BCUT2D eigenvalue weighted by Gasteiger charge is 2.22. The van der Waals surface area contributed by atoms with Gasteiger partial charge in [0.25, 0.3) is 10.2 Å². The van der Waals surface area contributed by atoms with Crippen LogP contribution in [0.25, 0.3) is 0 Å². The van der Waals surface area contributed by atoms with Gasteiger partial charge < -0.3 is 20.6 Å². The number of hydrogen-bond acceptors (Lipinski definition) is 9. The fraction of sp³-hybridized carbons (Fsp3) is 0.267. The third kappa shape index (κ3) is 4.50. The molecular weight excluding hydrogens is 390 g/mol. The van der Waals surface area contributed by atoms with Crippen molar-refractivity contribution in [1.82, 2.24) is 14.6 Å². The number of hydrogen-bond donors (Lipinski definition) is 4. The van der Waals surface area contributed by atoms with Crippen molar-refractivity contribution in [3.63, 3.8) is 0 Å². The highest BCUT2D eigenvalue weighted by molar-refractivity contribution is 7.86. The van der Waals surface area contributed by atoms with E-state index in [2.05, 4.69) is 26.1 Å². The minimum Gasteiger partial charge on any atom is -0.497 e. The lowest BCUT2D eigenvalue weighted by Gasteiger charge is -2.10. The molecule has 0 saturated heterocycles. The van der Waals surface area contributed by atoms with Crippen LogP contribution in [-0.4, -0.2) is 54.3 Å². The summed E-state index contributed by atoms with van der Waals surface area (Å²) < 4.78 is 33.7. The van der Waals surface area contributed by atoms with Crippen molar-refractivity contribution in [3.8, 4) is 5.75 Å². The summed E-state index contributed by atoms with van der Waals surface area (Å²) in [7, 11) is -2.22. The highest BCUT2D eigenvalue weighted by atomic mass is 32.2. The molecule has 0 unspecified atom stereocenters. The van der Waals surface area contributed by atoms with Crippen molar-refractivity contribution < 1.29 is 23.0 Å². The maximum absolute atomic E-state index is 11.4. The van der Waals surface area contributed by atoms with Gasteiger partial charge in [-0.2, -0.15) is 8.42 Å². The molecule has 0 aliphatic carbocycles. The molecule has 0 bridgehead atoms. The largest absolute Gasteiger partial charge is 0.497 e. The first-order valence-electron chi connectivity index (χ1n) is 8.10. The molecule has 28 heavy (non-hydrogen) atoms. The molecule has 0 saturated carbocycles. The van der Waals surface area contributed by atoms with Crippen molar-refractivity contribution in [3.05, 3.63) is 41.7 Å². The summed E-state index contributed by atoms with van der Waals surface area (Å²) in [5, 5.41) is 31.1. The smallest absolute Gasteiger partial charge is 0.298 e. The number of ether oxygens (including phenoxy) is 1. The Morgan fingerprint density at radius 3 is 2.96 bits per heavy atom. The third-order valence-electron chi connectivity index (χ3n) is 3.93. The van der Waals surface area contributed by atoms with E-state index in [1.165, 1.54) is 6.20 Å². The number of rotatable bonds is 7. The van der Waals surface area contributed by atoms with Crippen LogP contribution in [0.1, 0.15) is 12.1 Å². The van der Waals surface area contributed by atoms with E-state index < -0.39 is 10.2 Å². The average molecular weight is 409 g/mol. The van der Waals surface area contributed by atoms with Gasteiger partial charge in [-0.25, -0.2) is 9.77 Å². The third-order valence-corrected chi connectivity index (χ3v) is 4.88. The minimum absolute atomic E-state index is 0.00330. The van der Waals surface area contributed by atoms with E-state index in [1.807, 2.05) is 0 Å². The van der Waals surface area contributed by atoms with Crippen LogP contribution in [0, 0.1) is 0 Å². The number of nitrogens with two attached hydrogens (primary N) is 1. The molecule has 0 atom stereocenters. The van der Waals surface area contributed by atoms with Gasteiger partial charge in [0, 0.05) is 31.0 Å². The number of methoxy groups -OCH3 is 1.